The Bertz CT molecular complexity index is 485. The third kappa shape index (κ3) is 2.59. The highest BCUT2D eigenvalue weighted by Crippen LogP contribution is 2.34. The normalized spacial score (nSPS) is 18.5. The van der Waals surface area contributed by atoms with Crippen LogP contribution in [0.3, 0.4) is 0 Å². The highest BCUT2D eigenvalue weighted by molar-refractivity contribution is 8.00. The van der Waals surface area contributed by atoms with E-state index in [1.165, 1.54) is 0 Å². The van der Waals surface area contributed by atoms with Gasteiger partial charge in [-0.1, -0.05) is 0 Å². The van der Waals surface area contributed by atoms with Gasteiger partial charge in [0, 0.05) is 23.6 Å². The molecule has 2 rings (SSSR count). The van der Waals surface area contributed by atoms with E-state index in [1.807, 2.05) is 0 Å². The minimum atomic E-state index is -0.658. The Morgan fingerprint density at radius 3 is 2.44 bits per heavy atom. The van der Waals surface area contributed by atoms with Crippen molar-refractivity contribution in [2.75, 3.05) is 23.7 Å². The van der Waals surface area contributed by atoms with Crippen LogP contribution in [0.15, 0.2) is 12.1 Å². The molecule has 1 fully saturated rings. The van der Waals surface area contributed by atoms with E-state index in [0.717, 1.165) is 17.9 Å². The van der Waals surface area contributed by atoms with Crippen LogP contribution in [0.5, 0.6) is 0 Å². The number of hydrogen-bond acceptors (Lipinski definition) is 3. The zero-order valence-corrected chi connectivity index (χ0v) is 11.2. The average Bonchev–Trinajstić information content (AvgIpc) is 2.26. The van der Waals surface area contributed by atoms with Crippen molar-refractivity contribution in [2.45, 2.75) is 18.6 Å². The SMILES string of the molecule is CC1(C)CN(c2c(F)cc(C#N)cc2F)CCS1. The first-order valence-electron chi connectivity index (χ1n) is 5.71. The summed E-state index contributed by atoms with van der Waals surface area (Å²) in [7, 11) is 0. The monoisotopic (exact) mass is 268 g/mol. The molecule has 1 aliphatic rings. The fraction of sp³-hybridized carbons (Fsp3) is 0.462. The molecule has 18 heavy (non-hydrogen) atoms. The van der Waals surface area contributed by atoms with Gasteiger partial charge in [-0.3, -0.25) is 0 Å². The Morgan fingerprint density at radius 1 is 1.33 bits per heavy atom. The highest BCUT2D eigenvalue weighted by Gasteiger charge is 2.30. The molecule has 0 unspecified atom stereocenters. The molecule has 0 amide bonds. The predicted molar refractivity (Wildman–Crippen MR) is 69.8 cm³/mol. The van der Waals surface area contributed by atoms with E-state index in [-0.39, 0.29) is 16.0 Å². The molecule has 5 heteroatoms. The second-order valence-corrected chi connectivity index (χ2v) is 6.73. The van der Waals surface area contributed by atoms with Gasteiger partial charge in [0.1, 0.15) is 5.69 Å². The van der Waals surface area contributed by atoms with E-state index in [2.05, 4.69) is 13.8 Å². The zero-order chi connectivity index (χ0) is 13.3. The summed E-state index contributed by atoms with van der Waals surface area (Å²) in [5, 5.41) is 8.67. The summed E-state index contributed by atoms with van der Waals surface area (Å²) in [5.41, 5.74) is 0.00164. The van der Waals surface area contributed by atoms with Gasteiger partial charge in [0.2, 0.25) is 0 Å². The van der Waals surface area contributed by atoms with Crippen LogP contribution >= 0.6 is 11.8 Å². The van der Waals surface area contributed by atoms with Gasteiger partial charge in [-0.05, 0) is 26.0 Å². The van der Waals surface area contributed by atoms with E-state index in [1.54, 1.807) is 22.7 Å². The highest BCUT2D eigenvalue weighted by atomic mass is 32.2. The standard InChI is InChI=1S/C13H14F2N2S/c1-13(2)8-17(3-4-18-13)12-10(14)5-9(7-16)6-11(12)15/h5-6H,3-4,8H2,1-2H3. The molecule has 1 saturated heterocycles. The molecule has 1 aliphatic heterocycles. The maximum Gasteiger partial charge on any atom is 0.150 e. The van der Waals surface area contributed by atoms with Crippen LogP contribution in [0.4, 0.5) is 14.5 Å². The van der Waals surface area contributed by atoms with Gasteiger partial charge in [-0.2, -0.15) is 17.0 Å². The number of hydrogen-bond donors (Lipinski definition) is 0. The smallest absolute Gasteiger partial charge is 0.150 e. The second-order valence-electron chi connectivity index (χ2n) is 4.93. The van der Waals surface area contributed by atoms with E-state index >= 15 is 0 Å². The third-order valence-corrected chi connectivity index (χ3v) is 4.19. The van der Waals surface area contributed by atoms with E-state index in [4.69, 9.17) is 5.26 Å². The second kappa shape index (κ2) is 4.77. The van der Waals surface area contributed by atoms with Gasteiger partial charge in [-0.25, -0.2) is 8.78 Å². The summed E-state index contributed by atoms with van der Waals surface area (Å²) in [4.78, 5) is 1.72. The number of benzene rings is 1. The van der Waals surface area contributed by atoms with Gasteiger partial charge >= 0.3 is 0 Å². The molecule has 0 saturated carbocycles. The van der Waals surface area contributed by atoms with Crippen LogP contribution in [-0.2, 0) is 0 Å². The zero-order valence-electron chi connectivity index (χ0n) is 10.3. The number of anilines is 1. The molecule has 2 nitrogen and oxygen atoms in total. The molecule has 0 aliphatic carbocycles. The van der Waals surface area contributed by atoms with E-state index in [9.17, 15) is 8.78 Å². The summed E-state index contributed by atoms with van der Waals surface area (Å²) < 4.78 is 27.8. The first kappa shape index (κ1) is 13.2. The summed E-state index contributed by atoms with van der Waals surface area (Å²) in [6.45, 7) is 5.33. The molecule has 96 valence electrons. The van der Waals surface area contributed by atoms with Crippen molar-refractivity contribution in [3.63, 3.8) is 0 Å². The third-order valence-electron chi connectivity index (χ3n) is 2.89. The fourth-order valence-corrected chi connectivity index (χ4v) is 3.25. The predicted octanol–water partition coefficient (Wildman–Crippen LogP) is 3.17. The molecular formula is C13H14F2N2S. The Kier molecular flexibility index (Phi) is 3.49. The molecule has 1 heterocycles. The summed E-state index contributed by atoms with van der Waals surface area (Å²) in [6, 6.07) is 3.93. The lowest BCUT2D eigenvalue weighted by molar-refractivity contribution is 0.556. The van der Waals surface area contributed by atoms with Crippen molar-refractivity contribution in [3.8, 4) is 6.07 Å². The number of rotatable bonds is 1. The molecule has 0 spiro atoms. The quantitative estimate of drug-likeness (QED) is 0.783. The molecule has 0 atom stereocenters. The molecule has 0 radical (unpaired) electrons. The maximum absolute atomic E-state index is 13.9. The van der Waals surface area contributed by atoms with Gasteiger partial charge in [0.25, 0.3) is 0 Å². The lowest BCUT2D eigenvalue weighted by atomic mass is 10.1. The van der Waals surface area contributed by atoms with Crippen molar-refractivity contribution in [1.29, 1.82) is 5.26 Å². The summed E-state index contributed by atoms with van der Waals surface area (Å²) in [6.07, 6.45) is 0. The summed E-state index contributed by atoms with van der Waals surface area (Å²) >= 11 is 1.80. The molecule has 1 aromatic rings. The molecule has 1 aromatic carbocycles. The van der Waals surface area contributed by atoms with Crippen molar-refractivity contribution >= 4 is 17.4 Å². The van der Waals surface area contributed by atoms with Crippen LogP contribution in [0.1, 0.15) is 19.4 Å². The van der Waals surface area contributed by atoms with Gasteiger partial charge < -0.3 is 4.90 Å². The molecule has 0 N–H and O–H groups in total. The van der Waals surface area contributed by atoms with Gasteiger partial charge in [0.05, 0.1) is 11.6 Å². The average molecular weight is 268 g/mol. The Hall–Kier alpha value is -1.28. The van der Waals surface area contributed by atoms with Gasteiger partial charge in [-0.15, -0.1) is 0 Å². The first-order valence-corrected chi connectivity index (χ1v) is 6.69. The van der Waals surface area contributed by atoms with Crippen LogP contribution in [0.2, 0.25) is 0 Å². The Balaban J connectivity index is 2.37. The van der Waals surface area contributed by atoms with Crippen molar-refractivity contribution in [1.82, 2.24) is 0 Å². The van der Waals surface area contributed by atoms with Crippen molar-refractivity contribution < 1.29 is 8.78 Å². The largest absolute Gasteiger partial charge is 0.365 e. The van der Waals surface area contributed by atoms with Crippen LogP contribution in [-0.4, -0.2) is 23.6 Å². The number of thioether (sulfide) groups is 1. The first-order chi connectivity index (χ1) is 8.43. The van der Waals surface area contributed by atoms with Crippen LogP contribution < -0.4 is 4.90 Å². The summed E-state index contributed by atoms with van der Waals surface area (Å²) in [5.74, 6) is -0.477. The number of nitrogens with zero attached hydrogens (tertiary/aromatic N) is 2. The number of halogens is 2. The minimum Gasteiger partial charge on any atom is -0.365 e. The molecular weight excluding hydrogens is 254 g/mol. The molecule has 0 bridgehead atoms. The fourth-order valence-electron chi connectivity index (χ4n) is 2.14. The Labute approximate surface area is 110 Å². The van der Waals surface area contributed by atoms with Crippen LogP contribution in [0.25, 0.3) is 0 Å². The van der Waals surface area contributed by atoms with Crippen molar-refractivity contribution in [3.05, 3.63) is 29.3 Å². The molecule has 0 aromatic heterocycles. The topological polar surface area (TPSA) is 27.0 Å². The van der Waals surface area contributed by atoms with Crippen molar-refractivity contribution in [2.24, 2.45) is 0 Å². The minimum absolute atomic E-state index is 0.0117. The maximum atomic E-state index is 13.9. The van der Waals surface area contributed by atoms with E-state index < -0.39 is 11.6 Å². The van der Waals surface area contributed by atoms with E-state index in [0.29, 0.717) is 13.1 Å². The Morgan fingerprint density at radius 2 is 1.94 bits per heavy atom. The number of nitriles is 1. The lowest BCUT2D eigenvalue weighted by Gasteiger charge is -2.39. The lowest BCUT2D eigenvalue weighted by Crippen LogP contribution is -2.43. The van der Waals surface area contributed by atoms with Crippen LogP contribution in [0, 0.1) is 23.0 Å². The van der Waals surface area contributed by atoms with Gasteiger partial charge in [0.15, 0.2) is 11.6 Å².